The maximum Gasteiger partial charge on any atom is 0.344 e. The van der Waals surface area contributed by atoms with Gasteiger partial charge >= 0.3 is 18.0 Å². The lowest BCUT2D eigenvalue weighted by Gasteiger charge is -2.28. The number of rotatable bonds is 15. The van der Waals surface area contributed by atoms with Crippen molar-refractivity contribution in [3.05, 3.63) is 58.8 Å². The Hall–Kier alpha value is -4.98. The van der Waals surface area contributed by atoms with Crippen LogP contribution in [-0.4, -0.2) is 76.2 Å². The highest BCUT2D eigenvalue weighted by atomic mass is 16.6. The number of aliphatic hydroxyl groups is 1. The van der Waals surface area contributed by atoms with Crippen molar-refractivity contribution in [2.75, 3.05) is 40.6 Å². The van der Waals surface area contributed by atoms with E-state index in [9.17, 15) is 19.5 Å². The molecule has 1 heterocycles. The van der Waals surface area contributed by atoms with Gasteiger partial charge in [0.15, 0.2) is 35.8 Å². The Morgan fingerprint density at radius 1 is 1.02 bits per heavy atom. The van der Waals surface area contributed by atoms with E-state index in [-0.39, 0.29) is 25.4 Å². The summed E-state index contributed by atoms with van der Waals surface area (Å²) in [5.41, 5.74) is 4.41. The molecule has 4 N–H and O–H groups in total. The summed E-state index contributed by atoms with van der Waals surface area (Å²) in [5.74, 6) is 0.356. The fraction of sp³-hybridized carbons (Fsp3) is 0.379. The summed E-state index contributed by atoms with van der Waals surface area (Å²) < 4.78 is 32.0. The van der Waals surface area contributed by atoms with E-state index in [1.165, 1.54) is 20.4 Å². The van der Waals surface area contributed by atoms with Crippen molar-refractivity contribution in [1.82, 2.24) is 16.1 Å². The number of hydrogen-bond donors (Lipinski definition) is 4. The Morgan fingerprint density at radius 2 is 1.77 bits per heavy atom. The minimum atomic E-state index is -1.18. The standard InChI is InChI=1S/C29H36N4O10/c1-6-40-23-13-19(27-26(28(36)39-5)17(3)31-29(37)32-27)9-11-21(23)42-15-24(34)33-30-14-18-8-10-20(22(12-18)38-4)43-16-25(35)41-7-2/h8-14,24,27,33-34H,6-7,15-16H2,1-5H3,(H2,31,32,37)/b30-14-/t24-,27+/m0/s1. The predicted octanol–water partition coefficient (Wildman–Crippen LogP) is 2.16. The molecule has 0 aromatic heterocycles. The lowest BCUT2D eigenvalue weighted by atomic mass is 9.95. The third-order valence-corrected chi connectivity index (χ3v) is 5.95. The molecule has 14 nitrogen and oxygen atoms in total. The number of amides is 2. The number of nitrogens with one attached hydrogen (secondary N) is 3. The lowest BCUT2D eigenvalue weighted by Crippen LogP contribution is -2.45. The first-order valence-corrected chi connectivity index (χ1v) is 13.4. The van der Waals surface area contributed by atoms with Gasteiger partial charge in [-0.25, -0.2) is 14.4 Å². The van der Waals surface area contributed by atoms with Crippen LogP contribution in [0.25, 0.3) is 0 Å². The largest absolute Gasteiger partial charge is 0.493 e. The van der Waals surface area contributed by atoms with E-state index >= 15 is 0 Å². The summed E-state index contributed by atoms with van der Waals surface area (Å²) >= 11 is 0. The molecule has 2 aromatic rings. The van der Waals surface area contributed by atoms with Crippen LogP contribution >= 0.6 is 0 Å². The molecule has 43 heavy (non-hydrogen) atoms. The summed E-state index contributed by atoms with van der Waals surface area (Å²) in [6.07, 6.45) is 0.280. The van der Waals surface area contributed by atoms with Gasteiger partial charge < -0.3 is 44.2 Å². The summed E-state index contributed by atoms with van der Waals surface area (Å²) in [7, 11) is 2.73. The van der Waals surface area contributed by atoms with E-state index in [1.54, 1.807) is 57.2 Å². The zero-order valence-corrected chi connectivity index (χ0v) is 24.6. The van der Waals surface area contributed by atoms with Gasteiger partial charge in [-0.05, 0) is 62.2 Å². The second-order valence-corrected chi connectivity index (χ2v) is 8.92. The first-order chi connectivity index (χ1) is 20.7. The van der Waals surface area contributed by atoms with Crippen LogP contribution in [0.4, 0.5) is 4.79 Å². The molecule has 0 spiro atoms. The SMILES string of the molecule is CCOC(=O)COc1ccc(/C=N\N[C@@H](O)COc2ccc([C@H]3NC(=O)NC(C)=C3C(=O)OC)cc2OCC)cc1OC. The van der Waals surface area contributed by atoms with Crippen LogP contribution in [0.5, 0.6) is 23.0 Å². The molecule has 0 radical (unpaired) electrons. The number of nitrogens with zero attached hydrogens (tertiary/aromatic N) is 1. The third-order valence-electron chi connectivity index (χ3n) is 5.95. The van der Waals surface area contributed by atoms with Gasteiger partial charge in [-0.3, -0.25) is 5.43 Å². The van der Waals surface area contributed by atoms with E-state index in [0.29, 0.717) is 46.4 Å². The van der Waals surface area contributed by atoms with Crippen LogP contribution in [0.1, 0.15) is 37.9 Å². The van der Waals surface area contributed by atoms with Crippen molar-refractivity contribution in [2.45, 2.75) is 33.0 Å². The second kappa shape index (κ2) is 15.9. The van der Waals surface area contributed by atoms with Gasteiger partial charge in [0.1, 0.15) is 6.61 Å². The lowest BCUT2D eigenvalue weighted by molar-refractivity contribution is -0.145. The van der Waals surface area contributed by atoms with Gasteiger partial charge in [-0.1, -0.05) is 6.07 Å². The van der Waals surface area contributed by atoms with E-state index in [1.807, 2.05) is 0 Å². The Balaban J connectivity index is 1.63. The van der Waals surface area contributed by atoms with E-state index < -0.39 is 30.2 Å². The average Bonchev–Trinajstić information content (AvgIpc) is 2.99. The highest BCUT2D eigenvalue weighted by Gasteiger charge is 2.32. The van der Waals surface area contributed by atoms with Gasteiger partial charge in [-0.15, -0.1) is 0 Å². The van der Waals surface area contributed by atoms with Crippen LogP contribution in [0, 0.1) is 0 Å². The van der Waals surface area contributed by atoms with Crippen molar-refractivity contribution in [1.29, 1.82) is 0 Å². The molecule has 0 saturated heterocycles. The molecule has 0 aliphatic carbocycles. The average molecular weight is 601 g/mol. The molecular formula is C29H36N4O10. The topological polar surface area (TPSA) is 175 Å². The fourth-order valence-corrected chi connectivity index (χ4v) is 4.04. The molecule has 1 aliphatic rings. The number of hydrogen-bond acceptors (Lipinski definition) is 12. The van der Waals surface area contributed by atoms with Crippen molar-refractivity contribution < 1.29 is 47.9 Å². The summed E-state index contributed by atoms with van der Waals surface area (Å²) in [4.78, 5) is 36.1. The first-order valence-electron chi connectivity index (χ1n) is 13.4. The highest BCUT2D eigenvalue weighted by molar-refractivity contribution is 5.95. The number of esters is 2. The number of benzene rings is 2. The Kier molecular flexibility index (Phi) is 12.0. The Bertz CT molecular complexity index is 1360. The second-order valence-electron chi connectivity index (χ2n) is 8.92. The van der Waals surface area contributed by atoms with Crippen LogP contribution in [0.2, 0.25) is 0 Å². The summed E-state index contributed by atoms with van der Waals surface area (Å²) in [6.45, 7) is 5.26. The molecule has 1 aliphatic heterocycles. The van der Waals surface area contributed by atoms with Gasteiger partial charge in [-0.2, -0.15) is 5.10 Å². The van der Waals surface area contributed by atoms with Crippen LogP contribution in [-0.2, 0) is 19.1 Å². The van der Waals surface area contributed by atoms with Crippen LogP contribution in [0.15, 0.2) is 52.8 Å². The maximum atomic E-state index is 12.4. The number of carbonyl (C=O) groups is 3. The molecule has 2 amide bonds. The van der Waals surface area contributed by atoms with Gasteiger partial charge in [0.25, 0.3) is 0 Å². The molecule has 232 valence electrons. The van der Waals surface area contributed by atoms with Gasteiger partial charge in [0.05, 0.1) is 45.3 Å². The number of urea groups is 1. The Labute approximate surface area is 248 Å². The number of aliphatic hydroxyl groups excluding tert-OH is 1. The highest BCUT2D eigenvalue weighted by Crippen LogP contribution is 2.35. The zero-order chi connectivity index (χ0) is 31.4. The minimum Gasteiger partial charge on any atom is -0.493 e. The predicted molar refractivity (Wildman–Crippen MR) is 154 cm³/mol. The molecule has 0 bridgehead atoms. The molecule has 0 unspecified atom stereocenters. The molecular weight excluding hydrogens is 564 g/mol. The van der Waals surface area contributed by atoms with E-state index in [2.05, 4.69) is 21.2 Å². The fourth-order valence-electron chi connectivity index (χ4n) is 4.04. The van der Waals surface area contributed by atoms with Crippen molar-refractivity contribution in [2.24, 2.45) is 5.10 Å². The zero-order valence-electron chi connectivity index (χ0n) is 24.6. The van der Waals surface area contributed by atoms with Crippen molar-refractivity contribution in [3.8, 4) is 23.0 Å². The number of carbonyl (C=O) groups excluding carboxylic acids is 3. The summed E-state index contributed by atoms with van der Waals surface area (Å²) in [6, 6.07) is 8.68. The quantitative estimate of drug-likeness (QED) is 0.102. The molecule has 14 heteroatoms. The van der Waals surface area contributed by atoms with Crippen LogP contribution < -0.4 is 35.0 Å². The van der Waals surface area contributed by atoms with E-state index in [4.69, 9.17) is 28.4 Å². The monoisotopic (exact) mass is 600 g/mol. The molecule has 2 aromatic carbocycles. The van der Waals surface area contributed by atoms with Gasteiger partial charge in [0, 0.05) is 5.70 Å². The number of ether oxygens (including phenoxy) is 6. The smallest absolute Gasteiger partial charge is 0.344 e. The molecule has 0 saturated carbocycles. The minimum absolute atomic E-state index is 0.183. The third kappa shape index (κ3) is 9.00. The Morgan fingerprint density at radius 3 is 2.47 bits per heavy atom. The van der Waals surface area contributed by atoms with E-state index in [0.717, 1.165) is 0 Å². The number of hydrazone groups is 1. The number of methoxy groups -OCH3 is 2. The molecule has 3 rings (SSSR count). The normalized spacial score (nSPS) is 15.2. The van der Waals surface area contributed by atoms with Crippen LogP contribution in [0.3, 0.4) is 0 Å². The molecule has 2 atom stereocenters. The maximum absolute atomic E-state index is 12.4. The first kappa shape index (κ1) is 32.5. The molecule has 0 fully saturated rings. The summed E-state index contributed by atoms with van der Waals surface area (Å²) in [5, 5.41) is 19.7. The van der Waals surface area contributed by atoms with Crippen molar-refractivity contribution in [3.63, 3.8) is 0 Å². The van der Waals surface area contributed by atoms with Gasteiger partial charge in [0.2, 0.25) is 0 Å². The van der Waals surface area contributed by atoms with Crippen molar-refractivity contribution >= 4 is 24.2 Å². The number of allylic oxidation sites excluding steroid dienone is 1.